The molecule has 0 atom stereocenters. The zero-order valence-electron chi connectivity index (χ0n) is 10.8. The fourth-order valence-electron chi connectivity index (χ4n) is 1.60. The van der Waals surface area contributed by atoms with Crippen molar-refractivity contribution in [2.75, 3.05) is 17.2 Å². The highest BCUT2D eigenvalue weighted by atomic mass is 127. The van der Waals surface area contributed by atoms with Crippen molar-refractivity contribution in [2.45, 2.75) is 6.92 Å². The van der Waals surface area contributed by atoms with Gasteiger partial charge in [-0.3, -0.25) is 4.79 Å². The molecule has 1 aromatic heterocycles. The Balaban J connectivity index is 2.19. The molecule has 104 valence electrons. The highest BCUT2D eigenvalue weighted by Crippen LogP contribution is 2.19. The SMILES string of the molecule is CCNc1ccc(Cl)c(C(=O)Nc2ccc(I)cc2)n1. The van der Waals surface area contributed by atoms with E-state index in [9.17, 15) is 4.79 Å². The molecular weight excluding hydrogens is 389 g/mol. The number of rotatable bonds is 4. The van der Waals surface area contributed by atoms with Gasteiger partial charge in [0.1, 0.15) is 11.5 Å². The van der Waals surface area contributed by atoms with Crippen LogP contribution >= 0.6 is 34.2 Å². The van der Waals surface area contributed by atoms with Crippen molar-refractivity contribution in [3.8, 4) is 0 Å². The van der Waals surface area contributed by atoms with Crippen LogP contribution in [0.15, 0.2) is 36.4 Å². The predicted molar refractivity (Wildman–Crippen MR) is 90.5 cm³/mol. The molecule has 2 N–H and O–H groups in total. The van der Waals surface area contributed by atoms with Crippen molar-refractivity contribution in [1.29, 1.82) is 0 Å². The second-order valence-corrected chi connectivity index (χ2v) is 5.67. The molecule has 0 fully saturated rings. The van der Waals surface area contributed by atoms with Crippen molar-refractivity contribution >= 4 is 51.6 Å². The molecule has 0 bridgehead atoms. The lowest BCUT2D eigenvalue weighted by Gasteiger charge is -2.08. The zero-order valence-corrected chi connectivity index (χ0v) is 13.7. The van der Waals surface area contributed by atoms with Crippen LogP contribution < -0.4 is 10.6 Å². The Morgan fingerprint density at radius 3 is 2.60 bits per heavy atom. The van der Waals surface area contributed by atoms with E-state index in [0.717, 1.165) is 10.1 Å². The highest BCUT2D eigenvalue weighted by Gasteiger charge is 2.13. The molecule has 20 heavy (non-hydrogen) atoms. The Kier molecular flexibility index (Phi) is 5.19. The van der Waals surface area contributed by atoms with Gasteiger partial charge in [0.25, 0.3) is 5.91 Å². The van der Waals surface area contributed by atoms with Crippen molar-refractivity contribution in [3.63, 3.8) is 0 Å². The third-order valence-electron chi connectivity index (χ3n) is 2.52. The van der Waals surface area contributed by atoms with E-state index >= 15 is 0 Å². The summed E-state index contributed by atoms with van der Waals surface area (Å²) in [5.41, 5.74) is 0.922. The number of carbonyl (C=O) groups excluding carboxylic acids is 1. The molecule has 0 unspecified atom stereocenters. The van der Waals surface area contributed by atoms with Crippen LogP contribution in [0.1, 0.15) is 17.4 Å². The monoisotopic (exact) mass is 401 g/mol. The van der Waals surface area contributed by atoms with Gasteiger partial charge in [-0.2, -0.15) is 0 Å². The van der Waals surface area contributed by atoms with Gasteiger partial charge in [0.2, 0.25) is 0 Å². The minimum absolute atomic E-state index is 0.212. The van der Waals surface area contributed by atoms with Gasteiger partial charge in [0.15, 0.2) is 0 Å². The summed E-state index contributed by atoms with van der Waals surface area (Å²) in [6.07, 6.45) is 0. The van der Waals surface area contributed by atoms with Crippen molar-refractivity contribution in [1.82, 2.24) is 4.98 Å². The van der Waals surface area contributed by atoms with Crippen molar-refractivity contribution in [2.24, 2.45) is 0 Å². The lowest BCUT2D eigenvalue weighted by molar-refractivity contribution is 0.102. The topological polar surface area (TPSA) is 54.0 Å². The van der Waals surface area contributed by atoms with Crippen LogP contribution in [0.2, 0.25) is 5.02 Å². The van der Waals surface area contributed by atoms with E-state index in [1.807, 2.05) is 31.2 Å². The van der Waals surface area contributed by atoms with Crippen LogP contribution in [0.4, 0.5) is 11.5 Å². The summed E-state index contributed by atoms with van der Waals surface area (Å²) < 4.78 is 1.10. The number of aromatic nitrogens is 1. The standard InChI is InChI=1S/C14H13ClIN3O/c1-2-17-12-8-7-11(15)13(19-12)14(20)18-10-5-3-9(16)4-6-10/h3-8H,2H2,1H3,(H,17,19)(H,18,20). The molecule has 2 aromatic rings. The Bertz CT molecular complexity index is 616. The molecule has 0 aliphatic heterocycles. The fraction of sp³-hybridized carbons (Fsp3) is 0.143. The number of anilines is 2. The van der Waals surface area contributed by atoms with E-state index in [-0.39, 0.29) is 11.6 Å². The number of halogens is 2. The molecule has 0 radical (unpaired) electrons. The number of nitrogens with one attached hydrogen (secondary N) is 2. The fourth-order valence-corrected chi connectivity index (χ4v) is 2.16. The van der Waals surface area contributed by atoms with Gasteiger partial charge < -0.3 is 10.6 Å². The lowest BCUT2D eigenvalue weighted by atomic mass is 10.3. The maximum absolute atomic E-state index is 12.2. The van der Waals surface area contributed by atoms with Gasteiger partial charge in [0, 0.05) is 15.8 Å². The minimum atomic E-state index is -0.323. The molecule has 0 aliphatic carbocycles. The van der Waals surface area contributed by atoms with Gasteiger partial charge in [-0.15, -0.1) is 0 Å². The predicted octanol–water partition coefficient (Wildman–Crippen LogP) is 4.02. The van der Waals surface area contributed by atoms with Crippen LogP contribution in [0.3, 0.4) is 0 Å². The number of hydrogen-bond acceptors (Lipinski definition) is 3. The van der Waals surface area contributed by atoms with Crippen molar-refractivity contribution in [3.05, 3.63) is 50.7 Å². The maximum atomic E-state index is 12.2. The number of benzene rings is 1. The molecule has 2 rings (SSSR count). The van der Waals surface area contributed by atoms with Crippen LogP contribution in [-0.4, -0.2) is 17.4 Å². The largest absolute Gasteiger partial charge is 0.370 e. The number of amides is 1. The summed E-state index contributed by atoms with van der Waals surface area (Å²) in [6, 6.07) is 10.9. The Morgan fingerprint density at radius 1 is 1.25 bits per heavy atom. The van der Waals surface area contributed by atoms with Crippen LogP contribution in [0.5, 0.6) is 0 Å². The first-order chi connectivity index (χ1) is 9.60. The number of nitrogens with zero attached hydrogens (tertiary/aromatic N) is 1. The van der Waals surface area contributed by atoms with Gasteiger partial charge in [0.05, 0.1) is 5.02 Å². The van der Waals surface area contributed by atoms with E-state index in [0.29, 0.717) is 16.5 Å². The number of pyridine rings is 1. The first kappa shape index (κ1) is 15.1. The summed E-state index contributed by atoms with van der Waals surface area (Å²) >= 11 is 8.24. The first-order valence-corrected chi connectivity index (χ1v) is 7.53. The molecule has 0 saturated carbocycles. The normalized spacial score (nSPS) is 10.2. The minimum Gasteiger partial charge on any atom is -0.370 e. The molecular formula is C14H13ClIN3O. The van der Waals surface area contributed by atoms with Gasteiger partial charge in [-0.1, -0.05) is 11.6 Å². The molecule has 6 heteroatoms. The summed E-state index contributed by atoms with van der Waals surface area (Å²) in [7, 11) is 0. The average molecular weight is 402 g/mol. The molecule has 0 spiro atoms. The number of carbonyl (C=O) groups is 1. The average Bonchev–Trinajstić information content (AvgIpc) is 2.43. The summed E-state index contributed by atoms with van der Waals surface area (Å²) in [6.45, 7) is 2.69. The van der Waals surface area contributed by atoms with E-state index in [1.165, 1.54) is 0 Å². The van der Waals surface area contributed by atoms with Crippen molar-refractivity contribution < 1.29 is 4.79 Å². The maximum Gasteiger partial charge on any atom is 0.275 e. The Hall–Kier alpha value is -1.34. The first-order valence-electron chi connectivity index (χ1n) is 6.07. The van der Waals surface area contributed by atoms with E-state index in [2.05, 4.69) is 38.2 Å². The van der Waals surface area contributed by atoms with Gasteiger partial charge >= 0.3 is 0 Å². The molecule has 0 saturated heterocycles. The number of hydrogen-bond donors (Lipinski definition) is 2. The summed E-state index contributed by atoms with van der Waals surface area (Å²) in [5.74, 6) is 0.306. The zero-order chi connectivity index (χ0) is 14.5. The molecule has 0 aliphatic rings. The third kappa shape index (κ3) is 3.83. The smallest absolute Gasteiger partial charge is 0.275 e. The summed E-state index contributed by atoms with van der Waals surface area (Å²) in [4.78, 5) is 16.4. The molecule has 1 heterocycles. The van der Waals surface area contributed by atoms with Crippen LogP contribution in [-0.2, 0) is 0 Å². The van der Waals surface area contributed by atoms with Crippen LogP contribution in [0.25, 0.3) is 0 Å². The second-order valence-electron chi connectivity index (χ2n) is 4.02. The Morgan fingerprint density at radius 2 is 1.95 bits per heavy atom. The van der Waals surface area contributed by atoms with Crippen LogP contribution in [0, 0.1) is 3.57 Å². The quantitative estimate of drug-likeness (QED) is 0.761. The molecule has 4 nitrogen and oxygen atoms in total. The lowest BCUT2D eigenvalue weighted by Crippen LogP contribution is -2.15. The Labute approximate surface area is 136 Å². The highest BCUT2D eigenvalue weighted by molar-refractivity contribution is 14.1. The van der Waals surface area contributed by atoms with Gasteiger partial charge in [-0.25, -0.2) is 4.98 Å². The van der Waals surface area contributed by atoms with E-state index < -0.39 is 0 Å². The molecule has 1 aromatic carbocycles. The van der Waals surface area contributed by atoms with E-state index in [1.54, 1.807) is 12.1 Å². The van der Waals surface area contributed by atoms with Gasteiger partial charge in [-0.05, 0) is 65.9 Å². The summed E-state index contributed by atoms with van der Waals surface area (Å²) in [5, 5.41) is 6.16. The molecule has 1 amide bonds. The third-order valence-corrected chi connectivity index (χ3v) is 3.55. The van der Waals surface area contributed by atoms with E-state index in [4.69, 9.17) is 11.6 Å². The second kappa shape index (κ2) is 6.90.